The van der Waals surface area contributed by atoms with Crippen molar-refractivity contribution in [3.8, 4) is 5.75 Å². The van der Waals surface area contributed by atoms with Gasteiger partial charge in [-0.1, -0.05) is 0 Å². The van der Waals surface area contributed by atoms with Gasteiger partial charge in [-0.3, -0.25) is 0 Å². The van der Waals surface area contributed by atoms with Gasteiger partial charge in [0.2, 0.25) is 0 Å². The maximum atomic E-state index is 13.7. The van der Waals surface area contributed by atoms with Gasteiger partial charge >= 0.3 is 0 Å². The molecule has 4 nitrogen and oxygen atoms in total. The Morgan fingerprint density at radius 3 is 2.69 bits per heavy atom. The lowest BCUT2D eigenvalue weighted by molar-refractivity contribution is 0.269. The quantitative estimate of drug-likeness (QED) is 0.761. The number of methoxy groups -OCH3 is 1. The number of hydrogen-bond acceptors (Lipinski definition) is 4. The molecule has 0 amide bonds. The Hall–Kier alpha value is -1.49. The fraction of sp³-hybridized carbons (Fsp3) is 0.455. The van der Waals surface area contributed by atoms with Crippen molar-refractivity contribution >= 4 is 11.4 Å². The molecule has 0 radical (unpaired) electrons. The van der Waals surface area contributed by atoms with Crippen molar-refractivity contribution in [2.75, 3.05) is 31.4 Å². The molecule has 1 unspecified atom stereocenters. The van der Waals surface area contributed by atoms with E-state index in [1.807, 2.05) is 0 Å². The number of benzene rings is 1. The lowest BCUT2D eigenvalue weighted by Crippen LogP contribution is -2.32. The van der Waals surface area contributed by atoms with E-state index in [-0.39, 0.29) is 18.3 Å². The van der Waals surface area contributed by atoms with Crippen LogP contribution in [0, 0.1) is 5.82 Å². The second kappa shape index (κ2) is 5.03. The van der Waals surface area contributed by atoms with Crippen LogP contribution in [0.1, 0.15) is 6.92 Å². The molecule has 0 aliphatic heterocycles. The molecule has 1 rings (SSSR count). The van der Waals surface area contributed by atoms with Crippen LogP contribution in [-0.2, 0) is 0 Å². The minimum absolute atomic E-state index is 0.0529. The smallest absolute Gasteiger partial charge is 0.148 e. The predicted octanol–water partition coefficient (Wildman–Crippen LogP) is 1.23. The van der Waals surface area contributed by atoms with Gasteiger partial charge in [0.15, 0.2) is 0 Å². The Balaban J connectivity index is 3.13. The molecule has 0 saturated carbocycles. The van der Waals surface area contributed by atoms with Gasteiger partial charge in [-0.25, -0.2) is 4.39 Å². The summed E-state index contributed by atoms with van der Waals surface area (Å²) in [6.45, 7) is 1.74. The van der Waals surface area contributed by atoms with Gasteiger partial charge in [0.05, 0.1) is 25.1 Å². The molecule has 90 valence electrons. The number of anilines is 2. The maximum absolute atomic E-state index is 13.7. The Morgan fingerprint density at radius 2 is 2.19 bits per heavy atom. The summed E-state index contributed by atoms with van der Waals surface area (Å²) in [7, 11) is 3.18. The SMILES string of the molecule is COc1cc(N(C)C(C)CO)c(F)cc1N. The summed E-state index contributed by atoms with van der Waals surface area (Å²) in [4.78, 5) is 1.64. The van der Waals surface area contributed by atoms with Crippen molar-refractivity contribution in [1.29, 1.82) is 0 Å². The van der Waals surface area contributed by atoms with E-state index in [9.17, 15) is 4.39 Å². The minimum Gasteiger partial charge on any atom is -0.495 e. The first kappa shape index (κ1) is 12.6. The number of aliphatic hydroxyl groups is 1. The lowest BCUT2D eigenvalue weighted by Gasteiger charge is -2.26. The topological polar surface area (TPSA) is 58.7 Å². The number of aliphatic hydroxyl groups excluding tert-OH is 1. The predicted molar refractivity (Wildman–Crippen MR) is 62.3 cm³/mol. The molecule has 0 aromatic heterocycles. The average molecular weight is 228 g/mol. The molecule has 5 heteroatoms. The third-order valence-electron chi connectivity index (χ3n) is 2.60. The van der Waals surface area contributed by atoms with E-state index in [0.717, 1.165) is 0 Å². The molecule has 0 fully saturated rings. The van der Waals surface area contributed by atoms with E-state index >= 15 is 0 Å². The third kappa shape index (κ3) is 2.36. The largest absolute Gasteiger partial charge is 0.495 e. The summed E-state index contributed by atoms with van der Waals surface area (Å²) in [6.07, 6.45) is 0. The van der Waals surface area contributed by atoms with Crippen LogP contribution in [-0.4, -0.2) is 31.9 Å². The molecule has 0 saturated heterocycles. The Morgan fingerprint density at radius 1 is 1.56 bits per heavy atom. The van der Waals surface area contributed by atoms with Gasteiger partial charge in [0.25, 0.3) is 0 Å². The highest BCUT2D eigenvalue weighted by molar-refractivity contribution is 5.63. The number of likely N-dealkylation sites (N-methyl/N-ethyl adjacent to an activating group) is 1. The van der Waals surface area contributed by atoms with Crippen LogP contribution in [0.3, 0.4) is 0 Å². The summed E-state index contributed by atoms with van der Waals surface area (Å²) in [5.41, 5.74) is 6.19. The number of ether oxygens (including phenoxy) is 1. The molecule has 0 aliphatic rings. The highest BCUT2D eigenvalue weighted by atomic mass is 19.1. The van der Waals surface area contributed by atoms with Crippen LogP contribution in [0.5, 0.6) is 5.75 Å². The van der Waals surface area contributed by atoms with Crippen LogP contribution < -0.4 is 15.4 Å². The molecular weight excluding hydrogens is 211 g/mol. The first-order valence-electron chi connectivity index (χ1n) is 4.98. The molecule has 3 N–H and O–H groups in total. The fourth-order valence-electron chi connectivity index (χ4n) is 1.37. The van der Waals surface area contributed by atoms with Gasteiger partial charge in [0.1, 0.15) is 11.6 Å². The van der Waals surface area contributed by atoms with Gasteiger partial charge in [0, 0.05) is 25.2 Å². The Labute approximate surface area is 94.4 Å². The third-order valence-corrected chi connectivity index (χ3v) is 2.60. The number of nitrogens with two attached hydrogens (primary N) is 1. The van der Waals surface area contributed by atoms with E-state index in [4.69, 9.17) is 15.6 Å². The van der Waals surface area contributed by atoms with E-state index in [1.54, 1.807) is 18.9 Å². The number of rotatable bonds is 4. The normalized spacial score (nSPS) is 12.3. The Kier molecular flexibility index (Phi) is 3.95. The fourth-order valence-corrected chi connectivity index (χ4v) is 1.37. The van der Waals surface area contributed by atoms with Crippen molar-refractivity contribution in [2.24, 2.45) is 0 Å². The van der Waals surface area contributed by atoms with Crippen LogP contribution in [0.25, 0.3) is 0 Å². The molecule has 0 spiro atoms. The standard InChI is InChI=1S/C11H17FN2O2/c1-7(6-15)14(2)10-5-11(16-3)9(13)4-8(10)12/h4-5,7,15H,6,13H2,1-3H3. The zero-order valence-corrected chi connectivity index (χ0v) is 9.70. The first-order valence-corrected chi connectivity index (χ1v) is 4.98. The lowest BCUT2D eigenvalue weighted by atomic mass is 10.2. The number of halogens is 1. The van der Waals surface area contributed by atoms with E-state index in [2.05, 4.69) is 0 Å². The Bertz CT molecular complexity index is 371. The highest BCUT2D eigenvalue weighted by Gasteiger charge is 2.15. The molecule has 0 aliphatic carbocycles. The maximum Gasteiger partial charge on any atom is 0.148 e. The van der Waals surface area contributed by atoms with Crippen molar-refractivity contribution in [2.45, 2.75) is 13.0 Å². The minimum atomic E-state index is -0.430. The summed E-state index contributed by atoms with van der Waals surface area (Å²) >= 11 is 0. The van der Waals surface area contributed by atoms with Gasteiger partial charge < -0.3 is 20.5 Å². The monoisotopic (exact) mass is 228 g/mol. The highest BCUT2D eigenvalue weighted by Crippen LogP contribution is 2.30. The van der Waals surface area contributed by atoms with Crippen molar-refractivity contribution < 1.29 is 14.2 Å². The van der Waals surface area contributed by atoms with Crippen molar-refractivity contribution in [3.63, 3.8) is 0 Å². The van der Waals surface area contributed by atoms with E-state index in [1.165, 1.54) is 19.2 Å². The number of nitrogen functional groups attached to an aromatic ring is 1. The molecule has 1 aromatic carbocycles. The molecular formula is C11H17FN2O2. The molecule has 0 heterocycles. The summed E-state index contributed by atoms with van der Waals surface area (Å²) in [6, 6.07) is 2.56. The van der Waals surface area contributed by atoms with Crippen molar-refractivity contribution in [1.82, 2.24) is 0 Å². The molecule has 1 aromatic rings. The van der Waals surface area contributed by atoms with Crippen LogP contribution in [0.15, 0.2) is 12.1 Å². The second-order valence-electron chi connectivity index (χ2n) is 3.69. The van der Waals surface area contributed by atoms with Crippen LogP contribution in [0.4, 0.5) is 15.8 Å². The second-order valence-corrected chi connectivity index (χ2v) is 3.69. The molecule has 16 heavy (non-hydrogen) atoms. The van der Waals surface area contributed by atoms with E-state index < -0.39 is 5.82 Å². The van der Waals surface area contributed by atoms with Crippen molar-refractivity contribution in [3.05, 3.63) is 17.9 Å². The first-order chi connectivity index (χ1) is 7.51. The van der Waals surface area contributed by atoms with E-state index in [0.29, 0.717) is 11.4 Å². The van der Waals surface area contributed by atoms with Gasteiger partial charge in [-0.2, -0.15) is 0 Å². The number of nitrogens with zero attached hydrogens (tertiary/aromatic N) is 1. The summed E-state index contributed by atoms with van der Waals surface area (Å²) in [5, 5.41) is 9.02. The summed E-state index contributed by atoms with van der Waals surface area (Å²) in [5.74, 6) is -0.00510. The average Bonchev–Trinajstić information content (AvgIpc) is 2.27. The zero-order chi connectivity index (χ0) is 12.3. The molecule has 1 atom stereocenters. The molecule has 0 bridgehead atoms. The number of hydrogen-bond donors (Lipinski definition) is 2. The van der Waals surface area contributed by atoms with Crippen LogP contribution in [0.2, 0.25) is 0 Å². The zero-order valence-electron chi connectivity index (χ0n) is 9.70. The summed E-state index contributed by atoms with van der Waals surface area (Å²) < 4.78 is 18.7. The van der Waals surface area contributed by atoms with Crippen LogP contribution >= 0.6 is 0 Å². The van der Waals surface area contributed by atoms with Gasteiger partial charge in [-0.05, 0) is 6.92 Å². The van der Waals surface area contributed by atoms with Gasteiger partial charge in [-0.15, -0.1) is 0 Å².